The summed E-state index contributed by atoms with van der Waals surface area (Å²) in [7, 11) is 0. The molecule has 0 aliphatic heterocycles. The number of hydrogen-bond acceptors (Lipinski definition) is 4. The summed E-state index contributed by atoms with van der Waals surface area (Å²) in [5.41, 5.74) is 6.02. The highest BCUT2D eigenvalue weighted by molar-refractivity contribution is 5.06. The van der Waals surface area contributed by atoms with E-state index in [1.165, 1.54) is 38.4 Å². The first-order chi connectivity index (χ1) is 8.85. The van der Waals surface area contributed by atoms with Gasteiger partial charge in [-0.2, -0.15) is 4.98 Å². The molecule has 4 aliphatic carbocycles. The van der Waals surface area contributed by atoms with Crippen molar-refractivity contribution in [3.05, 3.63) is 12.2 Å². The predicted molar refractivity (Wildman–Crippen MR) is 66.6 cm³/mol. The average molecular weight is 247 g/mol. The lowest BCUT2D eigenvalue weighted by atomic mass is 9.49. The minimum absolute atomic E-state index is 0.294. The highest BCUT2D eigenvalue weighted by Gasteiger charge is 2.51. The van der Waals surface area contributed by atoms with Gasteiger partial charge in [0.2, 0.25) is 5.89 Å². The molecule has 4 heteroatoms. The van der Waals surface area contributed by atoms with Crippen LogP contribution in [-0.4, -0.2) is 16.7 Å². The number of rotatable bonds is 3. The maximum Gasteiger partial charge on any atom is 0.231 e. The summed E-state index contributed by atoms with van der Waals surface area (Å²) in [5, 5.41) is 3.76. The molecule has 4 nitrogen and oxygen atoms in total. The lowest BCUT2D eigenvalue weighted by Gasteiger charge is -2.55. The highest BCUT2D eigenvalue weighted by Crippen LogP contribution is 2.59. The van der Waals surface area contributed by atoms with Gasteiger partial charge in [-0.1, -0.05) is 5.16 Å². The van der Waals surface area contributed by atoms with Gasteiger partial charge >= 0.3 is 0 Å². The Balaban J connectivity index is 1.64. The molecule has 0 amide bonds. The van der Waals surface area contributed by atoms with Crippen molar-refractivity contribution >= 4 is 0 Å². The van der Waals surface area contributed by atoms with Gasteiger partial charge in [-0.3, -0.25) is 0 Å². The third-order valence-corrected chi connectivity index (χ3v) is 5.71. The molecule has 98 valence electrons. The van der Waals surface area contributed by atoms with Gasteiger partial charge in [-0.15, -0.1) is 0 Å². The van der Waals surface area contributed by atoms with Crippen LogP contribution in [-0.2, 0) is 0 Å². The summed E-state index contributed by atoms with van der Waals surface area (Å²) in [5.74, 6) is 5.50. The maximum absolute atomic E-state index is 6.02. The molecular formula is C14H21N3O. The van der Waals surface area contributed by atoms with Crippen LogP contribution in [0.1, 0.15) is 43.9 Å². The Morgan fingerprint density at radius 2 is 1.83 bits per heavy atom. The largest absolute Gasteiger partial charge is 0.339 e. The molecule has 1 aromatic heterocycles. The van der Waals surface area contributed by atoms with Gasteiger partial charge in [0.25, 0.3) is 0 Å². The molecule has 18 heavy (non-hydrogen) atoms. The van der Waals surface area contributed by atoms with Crippen molar-refractivity contribution in [1.82, 2.24) is 10.1 Å². The second kappa shape index (κ2) is 4.05. The Hall–Kier alpha value is -0.900. The molecule has 0 saturated heterocycles. The number of hydrogen-bond donors (Lipinski definition) is 1. The van der Waals surface area contributed by atoms with Crippen LogP contribution in [0.2, 0.25) is 0 Å². The van der Waals surface area contributed by atoms with Crippen LogP contribution in [0.4, 0.5) is 0 Å². The molecule has 0 aromatic carbocycles. The molecule has 1 heterocycles. The fourth-order valence-corrected chi connectivity index (χ4v) is 5.39. The van der Waals surface area contributed by atoms with E-state index in [0.29, 0.717) is 18.4 Å². The summed E-state index contributed by atoms with van der Waals surface area (Å²) in [6.07, 6.45) is 8.68. The molecular weight excluding hydrogens is 226 g/mol. The minimum Gasteiger partial charge on any atom is -0.339 e. The SMILES string of the molecule is NCC(c1ncno1)C1C2CC3CC(C2)CC1C3. The normalized spacial score (nSPS) is 43.3. The van der Waals surface area contributed by atoms with Crippen molar-refractivity contribution in [3.63, 3.8) is 0 Å². The molecule has 0 radical (unpaired) electrons. The molecule has 4 bridgehead atoms. The molecule has 1 unspecified atom stereocenters. The zero-order valence-electron chi connectivity index (χ0n) is 10.7. The van der Waals surface area contributed by atoms with Crippen LogP contribution in [0, 0.1) is 29.6 Å². The van der Waals surface area contributed by atoms with E-state index in [-0.39, 0.29) is 0 Å². The summed E-state index contributed by atoms with van der Waals surface area (Å²) in [4.78, 5) is 4.26. The van der Waals surface area contributed by atoms with E-state index in [4.69, 9.17) is 10.3 Å². The fourth-order valence-electron chi connectivity index (χ4n) is 5.39. The van der Waals surface area contributed by atoms with Crippen LogP contribution in [0.3, 0.4) is 0 Å². The van der Waals surface area contributed by atoms with Crippen LogP contribution in [0.5, 0.6) is 0 Å². The van der Waals surface area contributed by atoms with Crippen LogP contribution in [0.15, 0.2) is 10.9 Å². The van der Waals surface area contributed by atoms with E-state index in [0.717, 1.165) is 29.6 Å². The van der Waals surface area contributed by atoms with Crippen molar-refractivity contribution in [2.75, 3.05) is 6.54 Å². The number of nitrogens with two attached hydrogens (primary N) is 1. The molecule has 0 spiro atoms. The minimum atomic E-state index is 0.294. The maximum atomic E-state index is 6.02. The second-order valence-electron chi connectivity index (χ2n) is 6.63. The lowest BCUT2D eigenvalue weighted by molar-refractivity contribution is -0.0503. The Kier molecular flexibility index (Phi) is 2.47. The first-order valence-electron chi connectivity index (χ1n) is 7.31. The highest BCUT2D eigenvalue weighted by atomic mass is 16.5. The van der Waals surface area contributed by atoms with Crippen LogP contribution in [0.25, 0.3) is 0 Å². The van der Waals surface area contributed by atoms with E-state index in [9.17, 15) is 0 Å². The zero-order valence-corrected chi connectivity index (χ0v) is 10.7. The van der Waals surface area contributed by atoms with Gasteiger partial charge in [-0.05, 0) is 61.7 Å². The fraction of sp³-hybridized carbons (Fsp3) is 0.857. The van der Waals surface area contributed by atoms with Gasteiger partial charge in [0.1, 0.15) is 0 Å². The third-order valence-electron chi connectivity index (χ3n) is 5.71. The van der Waals surface area contributed by atoms with Gasteiger partial charge in [-0.25, -0.2) is 0 Å². The quantitative estimate of drug-likeness (QED) is 0.889. The second-order valence-corrected chi connectivity index (χ2v) is 6.63. The van der Waals surface area contributed by atoms with Gasteiger partial charge in [0.05, 0.1) is 5.92 Å². The predicted octanol–water partition coefficient (Wildman–Crippen LogP) is 2.18. The zero-order chi connectivity index (χ0) is 12.1. The number of nitrogens with zero attached hydrogens (tertiary/aromatic N) is 2. The van der Waals surface area contributed by atoms with E-state index < -0.39 is 0 Å². The van der Waals surface area contributed by atoms with Crippen LogP contribution >= 0.6 is 0 Å². The molecule has 4 aliphatic rings. The third kappa shape index (κ3) is 1.54. The Bertz CT molecular complexity index is 389. The van der Waals surface area contributed by atoms with E-state index in [1.807, 2.05) is 0 Å². The van der Waals surface area contributed by atoms with Crippen molar-refractivity contribution in [2.45, 2.75) is 38.0 Å². The van der Waals surface area contributed by atoms with E-state index >= 15 is 0 Å². The number of aromatic nitrogens is 2. The summed E-state index contributed by atoms with van der Waals surface area (Å²) >= 11 is 0. The Morgan fingerprint density at radius 3 is 2.33 bits per heavy atom. The van der Waals surface area contributed by atoms with Crippen molar-refractivity contribution in [2.24, 2.45) is 35.3 Å². The molecule has 4 fully saturated rings. The molecule has 5 rings (SSSR count). The summed E-state index contributed by atoms with van der Waals surface area (Å²) < 4.78 is 5.30. The van der Waals surface area contributed by atoms with Crippen LogP contribution < -0.4 is 5.73 Å². The topological polar surface area (TPSA) is 64.9 Å². The molecule has 4 saturated carbocycles. The summed E-state index contributed by atoms with van der Waals surface area (Å²) in [6.45, 7) is 0.648. The Labute approximate surface area is 107 Å². The van der Waals surface area contributed by atoms with E-state index in [1.54, 1.807) is 0 Å². The smallest absolute Gasteiger partial charge is 0.231 e. The molecule has 1 aromatic rings. The molecule has 1 atom stereocenters. The Morgan fingerprint density at radius 1 is 1.17 bits per heavy atom. The molecule has 2 N–H and O–H groups in total. The van der Waals surface area contributed by atoms with Crippen molar-refractivity contribution in [3.8, 4) is 0 Å². The van der Waals surface area contributed by atoms with E-state index in [2.05, 4.69) is 10.1 Å². The van der Waals surface area contributed by atoms with Gasteiger partial charge < -0.3 is 10.3 Å². The van der Waals surface area contributed by atoms with Gasteiger partial charge in [0, 0.05) is 6.54 Å². The lowest BCUT2D eigenvalue weighted by Crippen LogP contribution is -2.48. The van der Waals surface area contributed by atoms with Crippen molar-refractivity contribution < 1.29 is 4.52 Å². The average Bonchev–Trinajstić information content (AvgIpc) is 2.86. The first kappa shape index (κ1) is 11.0. The standard InChI is InChI=1S/C14H21N3O/c15-6-12(14-16-7-17-18-14)13-10-2-8-1-9(4-10)5-11(13)3-8/h7-13H,1-6,15H2. The monoisotopic (exact) mass is 247 g/mol. The van der Waals surface area contributed by atoms with Gasteiger partial charge in [0.15, 0.2) is 6.33 Å². The summed E-state index contributed by atoms with van der Waals surface area (Å²) in [6, 6.07) is 0. The van der Waals surface area contributed by atoms with Crippen molar-refractivity contribution in [1.29, 1.82) is 0 Å². The first-order valence-corrected chi connectivity index (χ1v) is 7.31.